The number of carbonyl (C=O) groups is 1. The summed E-state index contributed by atoms with van der Waals surface area (Å²) >= 11 is 1.55. The Labute approximate surface area is 107 Å². The number of methoxy groups -OCH3 is 1. The number of ether oxygens (including phenoxy) is 1. The zero-order valence-electron chi connectivity index (χ0n) is 10.7. The van der Waals surface area contributed by atoms with Crippen molar-refractivity contribution in [2.75, 3.05) is 7.11 Å². The Balaban J connectivity index is 2.55. The number of hydrogen-bond acceptors (Lipinski definition) is 3. The maximum absolute atomic E-state index is 11.7. The van der Waals surface area contributed by atoms with Gasteiger partial charge in [0.15, 0.2) is 0 Å². The minimum Gasteiger partial charge on any atom is -0.497 e. The van der Waals surface area contributed by atoms with E-state index in [0.717, 1.165) is 10.6 Å². The van der Waals surface area contributed by atoms with Gasteiger partial charge in [-0.1, -0.05) is 0 Å². The molecule has 0 saturated carbocycles. The Morgan fingerprint density at radius 3 is 2.29 bits per heavy atom. The normalized spacial score (nSPS) is 12.3. The molecule has 0 spiro atoms. The van der Waals surface area contributed by atoms with Crippen molar-refractivity contribution in [3.05, 3.63) is 24.3 Å². The monoisotopic (exact) mass is 253 g/mol. The molecule has 0 fully saturated rings. The SMILES string of the molecule is COc1ccc(S[C@H](C)C(=O)NC(C)C)cc1. The molecule has 4 heteroatoms. The Morgan fingerprint density at radius 1 is 1.24 bits per heavy atom. The van der Waals surface area contributed by atoms with Crippen LogP contribution >= 0.6 is 11.8 Å². The van der Waals surface area contributed by atoms with E-state index in [4.69, 9.17) is 4.74 Å². The molecule has 1 aromatic rings. The number of rotatable bonds is 5. The molecule has 94 valence electrons. The fourth-order valence-electron chi connectivity index (χ4n) is 1.31. The van der Waals surface area contributed by atoms with Crippen molar-refractivity contribution in [1.82, 2.24) is 5.32 Å². The van der Waals surface area contributed by atoms with Crippen LogP contribution < -0.4 is 10.1 Å². The first-order chi connectivity index (χ1) is 8.02. The third kappa shape index (κ3) is 4.69. The molecule has 3 nitrogen and oxygen atoms in total. The van der Waals surface area contributed by atoms with Crippen LogP contribution in [0.25, 0.3) is 0 Å². The molecule has 0 unspecified atom stereocenters. The predicted octanol–water partition coefficient (Wildman–Crippen LogP) is 2.70. The quantitative estimate of drug-likeness (QED) is 0.820. The van der Waals surface area contributed by atoms with E-state index in [1.165, 1.54) is 0 Å². The minimum absolute atomic E-state index is 0.0702. The van der Waals surface area contributed by atoms with Crippen LogP contribution in [-0.4, -0.2) is 24.3 Å². The lowest BCUT2D eigenvalue weighted by Gasteiger charge is -2.14. The Hall–Kier alpha value is -1.16. The van der Waals surface area contributed by atoms with E-state index in [2.05, 4.69) is 5.32 Å². The van der Waals surface area contributed by atoms with E-state index in [1.807, 2.05) is 45.0 Å². The van der Waals surface area contributed by atoms with Gasteiger partial charge in [-0.05, 0) is 45.0 Å². The first-order valence-electron chi connectivity index (χ1n) is 5.64. The van der Waals surface area contributed by atoms with Crippen LogP contribution in [0, 0.1) is 0 Å². The number of benzene rings is 1. The summed E-state index contributed by atoms with van der Waals surface area (Å²) in [5.74, 6) is 0.898. The molecule has 0 aliphatic carbocycles. The van der Waals surface area contributed by atoms with Gasteiger partial charge < -0.3 is 10.1 Å². The lowest BCUT2D eigenvalue weighted by molar-refractivity contribution is -0.120. The summed E-state index contributed by atoms with van der Waals surface area (Å²) < 4.78 is 5.09. The number of nitrogens with one attached hydrogen (secondary N) is 1. The summed E-state index contributed by atoms with van der Waals surface area (Å²) in [5, 5.41) is 2.81. The summed E-state index contributed by atoms with van der Waals surface area (Å²) in [6.45, 7) is 5.83. The van der Waals surface area contributed by atoms with Crippen molar-refractivity contribution >= 4 is 17.7 Å². The second kappa shape index (κ2) is 6.55. The van der Waals surface area contributed by atoms with Gasteiger partial charge in [0.05, 0.1) is 12.4 Å². The number of thioether (sulfide) groups is 1. The molecule has 0 bridgehead atoms. The molecule has 1 amide bonds. The fourth-order valence-corrected chi connectivity index (χ4v) is 2.19. The van der Waals surface area contributed by atoms with Crippen LogP contribution in [0.15, 0.2) is 29.2 Å². The highest BCUT2D eigenvalue weighted by molar-refractivity contribution is 8.00. The van der Waals surface area contributed by atoms with Crippen molar-refractivity contribution < 1.29 is 9.53 Å². The van der Waals surface area contributed by atoms with Crippen molar-refractivity contribution in [1.29, 1.82) is 0 Å². The van der Waals surface area contributed by atoms with Crippen molar-refractivity contribution in [3.63, 3.8) is 0 Å². The third-order valence-electron chi connectivity index (χ3n) is 2.17. The summed E-state index contributed by atoms with van der Waals surface area (Å²) in [6, 6.07) is 7.90. The fraction of sp³-hybridized carbons (Fsp3) is 0.462. The van der Waals surface area contributed by atoms with Crippen molar-refractivity contribution in [3.8, 4) is 5.75 Å². The van der Waals surface area contributed by atoms with Gasteiger partial charge in [0.1, 0.15) is 5.75 Å². The van der Waals surface area contributed by atoms with Gasteiger partial charge in [0.2, 0.25) is 5.91 Å². The molecule has 0 radical (unpaired) electrons. The second-order valence-corrected chi connectivity index (χ2v) is 5.51. The number of hydrogen-bond donors (Lipinski definition) is 1. The highest BCUT2D eigenvalue weighted by Crippen LogP contribution is 2.25. The van der Waals surface area contributed by atoms with Crippen LogP contribution in [0.4, 0.5) is 0 Å². The van der Waals surface area contributed by atoms with Gasteiger partial charge in [-0.2, -0.15) is 0 Å². The summed E-state index contributed by atoms with van der Waals surface area (Å²) in [7, 11) is 1.64. The predicted molar refractivity (Wildman–Crippen MR) is 71.6 cm³/mol. The highest BCUT2D eigenvalue weighted by atomic mass is 32.2. The third-order valence-corrected chi connectivity index (χ3v) is 3.28. The maximum Gasteiger partial charge on any atom is 0.233 e. The summed E-state index contributed by atoms with van der Waals surface area (Å²) in [5.41, 5.74) is 0. The summed E-state index contributed by atoms with van der Waals surface area (Å²) in [4.78, 5) is 12.8. The molecule has 1 N–H and O–H groups in total. The van der Waals surface area contributed by atoms with Gasteiger partial charge in [0.25, 0.3) is 0 Å². The van der Waals surface area contributed by atoms with E-state index in [9.17, 15) is 4.79 Å². The van der Waals surface area contributed by atoms with Crippen LogP contribution in [0.2, 0.25) is 0 Å². The lowest BCUT2D eigenvalue weighted by Crippen LogP contribution is -2.35. The lowest BCUT2D eigenvalue weighted by atomic mass is 10.3. The molecule has 0 aromatic heterocycles. The molecular formula is C13H19NO2S. The summed E-state index contributed by atoms with van der Waals surface area (Å²) in [6.07, 6.45) is 0. The first kappa shape index (κ1) is 13.9. The Kier molecular flexibility index (Phi) is 5.35. The Morgan fingerprint density at radius 2 is 1.82 bits per heavy atom. The van der Waals surface area contributed by atoms with Gasteiger partial charge in [-0.3, -0.25) is 4.79 Å². The van der Waals surface area contributed by atoms with Crippen molar-refractivity contribution in [2.24, 2.45) is 0 Å². The van der Waals surface area contributed by atoms with Gasteiger partial charge in [-0.15, -0.1) is 11.8 Å². The molecule has 0 aliphatic rings. The first-order valence-corrected chi connectivity index (χ1v) is 6.52. The average Bonchev–Trinajstić information content (AvgIpc) is 2.29. The van der Waals surface area contributed by atoms with Gasteiger partial charge >= 0.3 is 0 Å². The molecule has 0 aliphatic heterocycles. The molecular weight excluding hydrogens is 234 g/mol. The van der Waals surface area contributed by atoms with E-state index < -0.39 is 0 Å². The molecule has 17 heavy (non-hydrogen) atoms. The largest absolute Gasteiger partial charge is 0.497 e. The van der Waals surface area contributed by atoms with E-state index >= 15 is 0 Å². The van der Waals surface area contributed by atoms with Crippen LogP contribution in [-0.2, 0) is 4.79 Å². The average molecular weight is 253 g/mol. The molecule has 1 rings (SSSR count). The maximum atomic E-state index is 11.7. The van der Waals surface area contributed by atoms with E-state index in [-0.39, 0.29) is 17.2 Å². The standard InChI is InChI=1S/C13H19NO2S/c1-9(2)14-13(15)10(3)17-12-7-5-11(16-4)6-8-12/h5-10H,1-4H3,(H,14,15)/t10-/m1/s1. The zero-order valence-corrected chi connectivity index (χ0v) is 11.5. The van der Waals surface area contributed by atoms with E-state index in [1.54, 1.807) is 18.9 Å². The molecule has 1 atom stereocenters. The smallest absolute Gasteiger partial charge is 0.233 e. The van der Waals surface area contributed by atoms with Gasteiger partial charge in [0, 0.05) is 10.9 Å². The second-order valence-electron chi connectivity index (χ2n) is 4.10. The topological polar surface area (TPSA) is 38.3 Å². The van der Waals surface area contributed by atoms with Crippen molar-refractivity contribution in [2.45, 2.75) is 37.0 Å². The molecule has 1 aromatic carbocycles. The molecule has 0 heterocycles. The minimum atomic E-state index is -0.0919. The number of carbonyl (C=O) groups excluding carboxylic acids is 1. The van der Waals surface area contributed by atoms with Crippen LogP contribution in [0.1, 0.15) is 20.8 Å². The Bertz CT molecular complexity index is 362. The zero-order chi connectivity index (χ0) is 12.8. The highest BCUT2D eigenvalue weighted by Gasteiger charge is 2.14. The number of amides is 1. The van der Waals surface area contributed by atoms with E-state index in [0.29, 0.717) is 0 Å². The van der Waals surface area contributed by atoms with Crippen LogP contribution in [0.3, 0.4) is 0 Å². The van der Waals surface area contributed by atoms with Crippen LogP contribution in [0.5, 0.6) is 5.75 Å². The molecule has 0 saturated heterocycles. The van der Waals surface area contributed by atoms with Gasteiger partial charge in [-0.25, -0.2) is 0 Å².